The van der Waals surface area contributed by atoms with Crippen molar-refractivity contribution in [1.29, 1.82) is 0 Å². The Morgan fingerprint density at radius 3 is 2.86 bits per heavy atom. The number of tetrazole rings is 1. The lowest BCUT2D eigenvalue weighted by atomic mass is 10.0. The molecule has 2 aromatic heterocycles. The van der Waals surface area contributed by atoms with Crippen LogP contribution in [0.4, 0.5) is 5.69 Å². The van der Waals surface area contributed by atoms with Crippen LogP contribution < -0.4 is 15.0 Å². The number of hydrogen-bond acceptors (Lipinski definition) is 8. The molecular formula is C25H25N7O4. The summed E-state index contributed by atoms with van der Waals surface area (Å²) in [5.41, 5.74) is 3.65. The number of anilines is 1. The van der Waals surface area contributed by atoms with Gasteiger partial charge in [0.2, 0.25) is 5.82 Å². The summed E-state index contributed by atoms with van der Waals surface area (Å²) in [4.78, 5) is 27.5. The highest BCUT2D eigenvalue weighted by Crippen LogP contribution is 2.34. The van der Waals surface area contributed by atoms with Crippen molar-refractivity contribution in [3.8, 4) is 17.1 Å². The average molecular weight is 488 g/mol. The monoisotopic (exact) mass is 487 g/mol. The molecule has 1 aliphatic rings. The van der Waals surface area contributed by atoms with E-state index in [1.54, 1.807) is 31.3 Å². The number of rotatable bonds is 7. The van der Waals surface area contributed by atoms with Gasteiger partial charge in [-0.25, -0.2) is 0 Å². The number of H-pyrrole nitrogens is 1. The molecule has 11 nitrogen and oxygen atoms in total. The number of amides is 2. The van der Waals surface area contributed by atoms with Gasteiger partial charge in [-0.15, -0.1) is 10.2 Å². The first-order chi connectivity index (χ1) is 17.5. The van der Waals surface area contributed by atoms with Crippen LogP contribution in [-0.2, 0) is 17.6 Å². The molecule has 0 saturated heterocycles. The van der Waals surface area contributed by atoms with Crippen LogP contribution >= 0.6 is 0 Å². The number of ether oxygens (including phenoxy) is 1. The Labute approximate surface area is 206 Å². The second kappa shape index (κ2) is 9.98. The minimum atomic E-state index is -0.908. The number of aromatic nitrogens is 5. The summed E-state index contributed by atoms with van der Waals surface area (Å²) in [5.74, 6) is 0.619. The standard InChI is InChI=1S/C25H25N7O4/c1-3-5-15-6-4-7-16(10-15)11-18-13-19(29-36-18)24(33)26-20-14-35-22-9-8-17(23-27-30-31-28-23)12-21(22)32(2)25(20)34/h4,6-10,12-13,20H,3,5,11,14H2,1-2H3,(H,26,33)(H,27,28,30,31)/t20-/m0/s1. The highest BCUT2D eigenvalue weighted by molar-refractivity contribution is 6.03. The van der Waals surface area contributed by atoms with Gasteiger partial charge in [0.1, 0.15) is 24.2 Å². The van der Waals surface area contributed by atoms with Gasteiger partial charge in [0.15, 0.2) is 5.69 Å². The van der Waals surface area contributed by atoms with Crippen LogP contribution in [0.15, 0.2) is 53.1 Å². The van der Waals surface area contributed by atoms with Crippen LogP contribution in [0.5, 0.6) is 5.75 Å². The smallest absolute Gasteiger partial charge is 0.274 e. The predicted molar refractivity (Wildman–Crippen MR) is 130 cm³/mol. The van der Waals surface area contributed by atoms with Gasteiger partial charge >= 0.3 is 0 Å². The number of hydrogen-bond donors (Lipinski definition) is 2. The van der Waals surface area contributed by atoms with Crippen molar-refractivity contribution in [2.75, 3.05) is 18.6 Å². The first kappa shape index (κ1) is 23.2. The lowest BCUT2D eigenvalue weighted by Gasteiger charge is -2.20. The minimum Gasteiger partial charge on any atom is -0.489 e. The third-order valence-electron chi connectivity index (χ3n) is 5.96. The Morgan fingerprint density at radius 2 is 2.06 bits per heavy atom. The average Bonchev–Trinajstić information content (AvgIpc) is 3.57. The number of aryl methyl sites for hydroxylation is 1. The second-order valence-electron chi connectivity index (χ2n) is 8.58. The third kappa shape index (κ3) is 4.81. The lowest BCUT2D eigenvalue weighted by Crippen LogP contribution is -2.49. The fraction of sp³-hybridized carbons (Fsp3) is 0.280. The maximum Gasteiger partial charge on any atom is 0.274 e. The van der Waals surface area contributed by atoms with Gasteiger partial charge in [-0.2, -0.15) is 5.21 Å². The van der Waals surface area contributed by atoms with E-state index >= 15 is 0 Å². The molecule has 2 aromatic carbocycles. The molecule has 11 heteroatoms. The first-order valence-corrected chi connectivity index (χ1v) is 11.6. The summed E-state index contributed by atoms with van der Waals surface area (Å²) in [6, 6.07) is 14.2. The van der Waals surface area contributed by atoms with E-state index in [2.05, 4.69) is 50.2 Å². The van der Waals surface area contributed by atoms with E-state index in [9.17, 15) is 9.59 Å². The zero-order chi connectivity index (χ0) is 25.1. The van der Waals surface area contributed by atoms with Crippen LogP contribution in [0.1, 0.15) is 40.7 Å². The summed E-state index contributed by atoms with van der Waals surface area (Å²) in [6.45, 7) is 2.11. The number of carbonyl (C=O) groups is 2. The van der Waals surface area contributed by atoms with E-state index in [1.165, 1.54) is 10.5 Å². The molecule has 2 N–H and O–H groups in total. The molecule has 0 radical (unpaired) electrons. The van der Waals surface area contributed by atoms with Gasteiger partial charge in [-0.05, 0) is 41.0 Å². The zero-order valence-corrected chi connectivity index (χ0v) is 19.9. The van der Waals surface area contributed by atoms with E-state index in [0.29, 0.717) is 35.0 Å². The van der Waals surface area contributed by atoms with Gasteiger partial charge in [-0.1, -0.05) is 42.8 Å². The number of likely N-dealkylation sites (N-methyl/N-ethyl adjacent to an activating group) is 1. The Balaban J connectivity index is 1.27. The molecule has 0 saturated carbocycles. The van der Waals surface area contributed by atoms with Gasteiger partial charge in [0.05, 0.1) is 5.69 Å². The van der Waals surface area contributed by atoms with Crippen LogP contribution in [0, 0.1) is 0 Å². The summed E-state index contributed by atoms with van der Waals surface area (Å²) < 4.78 is 11.2. The summed E-state index contributed by atoms with van der Waals surface area (Å²) in [6.07, 6.45) is 2.59. The van der Waals surface area contributed by atoms with Gasteiger partial charge in [-0.3, -0.25) is 9.59 Å². The SMILES string of the molecule is CCCc1cccc(Cc2cc(C(=O)N[C@H]3COc4ccc(-c5nn[nH]n5)cc4N(C)C3=O)no2)c1. The number of benzene rings is 2. The molecule has 0 spiro atoms. The van der Waals surface area contributed by atoms with Gasteiger partial charge in [0, 0.05) is 25.1 Å². The molecule has 36 heavy (non-hydrogen) atoms. The largest absolute Gasteiger partial charge is 0.489 e. The third-order valence-corrected chi connectivity index (χ3v) is 5.96. The molecule has 1 atom stereocenters. The minimum absolute atomic E-state index is 0.0294. The summed E-state index contributed by atoms with van der Waals surface area (Å²) >= 11 is 0. The number of fused-ring (bicyclic) bond motifs is 1. The van der Waals surface area contributed by atoms with Crippen molar-refractivity contribution in [3.63, 3.8) is 0 Å². The molecule has 0 bridgehead atoms. The van der Waals surface area contributed by atoms with E-state index in [0.717, 1.165) is 18.4 Å². The number of carbonyl (C=O) groups excluding carboxylic acids is 2. The molecule has 0 fully saturated rings. The van der Waals surface area contributed by atoms with E-state index in [4.69, 9.17) is 9.26 Å². The predicted octanol–water partition coefficient (Wildman–Crippen LogP) is 2.55. The van der Waals surface area contributed by atoms with Gasteiger partial charge < -0.3 is 19.5 Å². The maximum absolute atomic E-state index is 13.1. The fourth-order valence-electron chi connectivity index (χ4n) is 4.15. The molecule has 4 aromatic rings. The second-order valence-corrected chi connectivity index (χ2v) is 8.58. The van der Waals surface area contributed by atoms with Crippen molar-refractivity contribution < 1.29 is 18.8 Å². The van der Waals surface area contributed by atoms with Crippen molar-refractivity contribution >= 4 is 17.5 Å². The number of nitrogens with zero attached hydrogens (tertiary/aromatic N) is 5. The quantitative estimate of drug-likeness (QED) is 0.405. The Bertz CT molecular complexity index is 1380. The van der Waals surface area contributed by atoms with Crippen molar-refractivity contribution in [3.05, 3.63) is 71.1 Å². The molecule has 184 valence electrons. The van der Waals surface area contributed by atoms with Crippen molar-refractivity contribution in [2.24, 2.45) is 0 Å². The van der Waals surface area contributed by atoms with E-state index < -0.39 is 11.9 Å². The lowest BCUT2D eigenvalue weighted by molar-refractivity contribution is -0.120. The van der Waals surface area contributed by atoms with Crippen molar-refractivity contribution in [1.82, 2.24) is 31.1 Å². The van der Waals surface area contributed by atoms with Gasteiger partial charge in [0.25, 0.3) is 11.8 Å². The molecule has 1 aliphatic heterocycles. The van der Waals surface area contributed by atoms with Crippen LogP contribution in [0.3, 0.4) is 0 Å². The van der Waals surface area contributed by atoms with Crippen molar-refractivity contribution in [2.45, 2.75) is 32.2 Å². The highest BCUT2D eigenvalue weighted by atomic mass is 16.5. The highest BCUT2D eigenvalue weighted by Gasteiger charge is 2.32. The Morgan fingerprint density at radius 1 is 1.19 bits per heavy atom. The fourth-order valence-corrected chi connectivity index (χ4v) is 4.15. The van der Waals surface area contributed by atoms with E-state index in [-0.39, 0.29) is 18.2 Å². The molecule has 5 rings (SSSR count). The number of nitrogens with one attached hydrogen (secondary N) is 2. The molecule has 3 heterocycles. The van der Waals surface area contributed by atoms with Crippen LogP contribution in [0.25, 0.3) is 11.4 Å². The summed E-state index contributed by atoms with van der Waals surface area (Å²) in [7, 11) is 1.62. The maximum atomic E-state index is 13.1. The molecule has 0 unspecified atom stereocenters. The Kier molecular flexibility index (Phi) is 6.44. The molecule has 2 amide bonds. The normalized spacial score (nSPS) is 15.2. The first-order valence-electron chi connectivity index (χ1n) is 11.6. The molecular weight excluding hydrogens is 462 g/mol. The Hall–Kier alpha value is -4.54. The summed E-state index contributed by atoms with van der Waals surface area (Å²) in [5, 5.41) is 20.5. The van der Waals surface area contributed by atoms with Crippen LogP contribution in [0.2, 0.25) is 0 Å². The van der Waals surface area contributed by atoms with Crippen LogP contribution in [-0.4, -0.2) is 57.3 Å². The zero-order valence-electron chi connectivity index (χ0n) is 19.9. The topological polar surface area (TPSA) is 139 Å². The van der Waals surface area contributed by atoms with E-state index in [1.807, 2.05) is 12.1 Å². The molecule has 0 aliphatic carbocycles. The number of aromatic amines is 1.